The molecule has 0 saturated heterocycles. The van der Waals surface area contributed by atoms with Gasteiger partial charge in [0.25, 0.3) is 0 Å². The molecule has 0 amide bonds. The van der Waals surface area contributed by atoms with E-state index in [9.17, 15) is 0 Å². The van der Waals surface area contributed by atoms with Crippen molar-refractivity contribution in [3.05, 3.63) is 70.3 Å². The molecule has 3 atom stereocenters. The second-order valence-electron chi connectivity index (χ2n) is 8.36. The Morgan fingerprint density at radius 2 is 1.77 bits per heavy atom. The first-order valence-electron chi connectivity index (χ1n) is 10.2. The lowest BCUT2D eigenvalue weighted by atomic mass is 9.79. The molecule has 4 rings (SSSR count). The summed E-state index contributed by atoms with van der Waals surface area (Å²) in [6.07, 6.45) is 8.56. The SMILES string of the molecule is COCc1ccc(C[C@@H]2CCc3cc(C4CCC(N)C4)ccc3C2)cc1. The number of ether oxygens (including phenoxy) is 1. The smallest absolute Gasteiger partial charge is 0.0713 e. The molecule has 0 bridgehead atoms. The zero-order valence-corrected chi connectivity index (χ0v) is 15.9. The Morgan fingerprint density at radius 3 is 2.50 bits per heavy atom. The van der Waals surface area contributed by atoms with E-state index < -0.39 is 0 Å². The molecule has 2 aromatic carbocycles. The summed E-state index contributed by atoms with van der Waals surface area (Å²) in [6, 6.07) is 16.6. The van der Waals surface area contributed by atoms with Crippen molar-refractivity contribution in [3.63, 3.8) is 0 Å². The highest BCUT2D eigenvalue weighted by Crippen LogP contribution is 2.36. The second-order valence-corrected chi connectivity index (χ2v) is 8.36. The molecule has 0 spiro atoms. The molecule has 0 radical (unpaired) electrons. The number of fused-ring (bicyclic) bond motifs is 1. The van der Waals surface area contributed by atoms with Gasteiger partial charge in [-0.1, -0.05) is 42.5 Å². The average Bonchev–Trinajstić information content (AvgIpc) is 3.09. The number of aryl methyl sites for hydroxylation is 1. The van der Waals surface area contributed by atoms with Crippen LogP contribution in [0.4, 0.5) is 0 Å². The molecule has 1 fully saturated rings. The van der Waals surface area contributed by atoms with Gasteiger partial charge in [0.2, 0.25) is 0 Å². The van der Waals surface area contributed by atoms with Gasteiger partial charge in [0.15, 0.2) is 0 Å². The van der Waals surface area contributed by atoms with Gasteiger partial charge < -0.3 is 10.5 Å². The Kier molecular flexibility index (Phi) is 5.42. The lowest BCUT2D eigenvalue weighted by Gasteiger charge is -2.26. The third kappa shape index (κ3) is 4.02. The highest BCUT2D eigenvalue weighted by Gasteiger charge is 2.25. The van der Waals surface area contributed by atoms with Crippen LogP contribution in [-0.2, 0) is 30.6 Å². The molecule has 2 aromatic rings. The van der Waals surface area contributed by atoms with Crippen LogP contribution in [0.2, 0.25) is 0 Å². The number of hydrogen-bond acceptors (Lipinski definition) is 2. The van der Waals surface area contributed by atoms with Gasteiger partial charge in [-0.3, -0.25) is 0 Å². The molecule has 2 heteroatoms. The Morgan fingerprint density at radius 1 is 0.962 bits per heavy atom. The largest absolute Gasteiger partial charge is 0.380 e. The molecular weight excluding hydrogens is 318 g/mol. The fourth-order valence-corrected chi connectivity index (χ4v) is 4.87. The fourth-order valence-electron chi connectivity index (χ4n) is 4.87. The topological polar surface area (TPSA) is 35.2 Å². The first-order valence-corrected chi connectivity index (χ1v) is 10.2. The highest BCUT2D eigenvalue weighted by molar-refractivity contribution is 5.36. The Labute approximate surface area is 157 Å². The maximum absolute atomic E-state index is 6.11. The summed E-state index contributed by atoms with van der Waals surface area (Å²) in [5.74, 6) is 1.46. The maximum atomic E-state index is 6.11. The zero-order valence-electron chi connectivity index (χ0n) is 15.9. The minimum absolute atomic E-state index is 0.413. The number of benzene rings is 2. The predicted molar refractivity (Wildman–Crippen MR) is 107 cm³/mol. The van der Waals surface area contributed by atoms with Crippen LogP contribution >= 0.6 is 0 Å². The van der Waals surface area contributed by atoms with E-state index in [4.69, 9.17) is 10.5 Å². The summed E-state index contributed by atoms with van der Waals surface area (Å²) < 4.78 is 5.20. The van der Waals surface area contributed by atoms with Crippen LogP contribution in [0.25, 0.3) is 0 Å². The predicted octanol–water partition coefficient (Wildman–Crippen LogP) is 4.78. The monoisotopic (exact) mass is 349 g/mol. The van der Waals surface area contributed by atoms with Gasteiger partial charge in [-0.2, -0.15) is 0 Å². The number of methoxy groups -OCH3 is 1. The third-order valence-corrected chi connectivity index (χ3v) is 6.36. The van der Waals surface area contributed by atoms with Crippen LogP contribution in [0.1, 0.15) is 59.4 Å². The minimum Gasteiger partial charge on any atom is -0.380 e. The molecule has 2 aliphatic rings. The first-order chi connectivity index (χ1) is 12.7. The molecule has 2 N–H and O–H groups in total. The molecular formula is C24H31NO. The summed E-state index contributed by atoms with van der Waals surface area (Å²) >= 11 is 0. The summed E-state index contributed by atoms with van der Waals surface area (Å²) in [7, 11) is 1.75. The van der Waals surface area contributed by atoms with Crippen LogP contribution in [0.3, 0.4) is 0 Å². The van der Waals surface area contributed by atoms with Gasteiger partial charge in [-0.05, 0) is 84.6 Å². The van der Waals surface area contributed by atoms with Crippen molar-refractivity contribution < 1.29 is 4.74 Å². The van der Waals surface area contributed by atoms with Gasteiger partial charge in [-0.15, -0.1) is 0 Å². The van der Waals surface area contributed by atoms with Gasteiger partial charge in [0.05, 0.1) is 6.61 Å². The van der Waals surface area contributed by atoms with Gasteiger partial charge >= 0.3 is 0 Å². The van der Waals surface area contributed by atoms with Gasteiger partial charge in [0.1, 0.15) is 0 Å². The standard InChI is InChI=1S/C24H31NO/c1-26-16-18-4-2-17(3-5-18)12-19-6-7-21-14-22(9-8-20(21)13-19)23-10-11-24(25)15-23/h2-5,8-9,14,19,23-24H,6-7,10-13,15-16,25H2,1H3/t19-,23?,24?/m0/s1. The summed E-state index contributed by atoms with van der Waals surface area (Å²) in [5.41, 5.74) is 13.5. The molecule has 0 aliphatic heterocycles. The van der Waals surface area contributed by atoms with Crippen molar-refractivity contribution >= 4 is 0 Å². The molecule has 138 valence electrons. The lowest BCUT2D eigenvalue weighted by molar-refractivity contribution is 0.185. The van der Waals surface area contributed by atoms with Crippen molar-refractivity contribution in [2.45, 2.75) is 63.5 Å². The van der Waals surface area contributed by atoms with Crippen molar-refractivity contribution in [2.24, 2.45) is 11.7 Å². The Bertz CT molecular complexity index is 736. The van der Waals surface area contributed by atoms with Gasteiger partial charge in [-0.25, -0.2) is 0 Å². The van der Waals surface area contributed by atoms with Crippen LogP contribution in [0.5, 0.6) is 0 Å². The van der Waals surface area contributed by atoms with E-state index in [0.717, 1.165) is 5.92 Å². The summed E-state index contributed by atoms with van der Waals surface area (Å²) in [5, 5.41) is 0. The zero-order chi connectivity index (χ0) is 17.9. The maximum Gasteiger partial charge on any atom is 0.0713 e. The van der Waals surface area contributed by atoms with Gasteiger partial charge in [0, 0.05) is 13.2 Å². The molecule has 1 saturated carbocycles. The summed E-state index contributed by atoms with van der Waals surface area (Å²) in [6.45, 7) is 0.700. The van der Waals surface area contributed by atoms with Crippen LogP contribution in [0.15, 0.2) is 42.5 Å². The first kappa shape index (κ1) is 17.8. The van der Waals surface area contributed by atoms with Crippen LogP contribution in [0, 0.1) is 5.92 Å². The highest BCUT2D eigenvalue weighted by atomic mass is 16.5. The van der Waals surface area contributed by atoms with E-state index in [1.807, 2.05) is 0 Å². The van der Waals surface area contributed by atoms with Crippen molar-refractivity contribution in [3.8, 4) is 0 Å². The molecule has 0 aromatic heterocycles. The average molecular weight is 350 g/mol. The van der Waals surface area contributed by atoms with E-state index in [2.05, 4.69) is 42.5 Å². The number of rotatable bonds is 5. The number of hydrogen-bond donors (Lipinski definition) is 1. The fraction of sp³-hybridized carbons (Fsp3) is 0.500. The normalized spacial score (nSPS) is 25.2. The van der Waals surface area contributed by atoms with Crippen LogP contribution < -0.4 is 5.73 Å². The third-order valence-electron chi connectivity index (χ3n) is 6.36. The quantitative estimate of drug-likeness (QED) is 0.843. The van der Waals surface area contributed by atoms with Crippen LogP contribution in [-0.4, -0.2) is 13.2 Å². The molecule has 26 heavy (non-hydrogen) atoms. The van der Waals surface area contributed by atoms with E-state index in [-0.39, 0.29) is 0 Å². The summed E-state index contributed by atoms with van der Waals surface area (Å²) in [4.78, 5) is 0. The molecule has 2 unspecified atom stereocenters. The lowest BCUT2D eigenvalue weighted by Crippen LogP contribution is -2.17. The van der Waals surface area contributed by atoms with E-state index in [1.54, 1.807) is 18.2 Å². The minimum atomic E-state index is 0.413. The Hall–Kier alpha value is -1.64. The number of nitrogens with two attached hydrogens (primary N) is 1. The Balaban J connectivity index is 1.40. The van der Waals surface area contributed by atoms with Crippen molar-refractivity contribution in [2.75, 3.05) is 7.11 Å². The molecule has 2 nitrogen and oxygen atoms in total. The van der Waals surface area contributed by atoms with E-state index in [1.165, 1.54) is 61.6 Å². The van der Waals surface area contributed by atoms with Crippen molar-refractivity contribution in [1.82, 2.24) is 0 Å². The van der Waals surface area contributed by atoms with Crippen molar-refractivity contribution in [1.29, 1.82) is 0 Å². The molecule has 2 aliphatic carbocycles. The second kappa shape index (κ2) is 7.94. The molecule has 0 heterocycles. The van der Waals surface area contributed by atoms with E-state index in [0.29, 0.717) is 18.6 Å². The van der Waals surface area contributed by atoms with E-state index >= 15 is 0 Å².